The molecule has 0 aliphatic carbocycles. The second-order valence-corrected chi connectivity index (χ2v) is 6.52. The quantitative estimate of drug-likeness (QED) is 0.279. The Bertz CT molecular complexity index is 943. The predicted octanol–water partition coefficient (Wildman–Crippen LogP) is 6.23. The van der Waals surface area contributed by atoms with Crippen molar-refractivity contribution in [2.24, 2.45) is 4.99 Å². The van der Waals surface area contributed by atoms with Gasteiger partial charge in [-0.15, -0.1) is 0 Å². The Morgan fingerprint density at radius 2 is 1.46 bits per heavy atom. The third kappa shape index (κ3) is 5.07. The molecular weight excluding hydrogens is 393 g/mol. The highest BCUT2D eigenvalue weighted by atomic mass is 79.9. The van der Waals surface area contributed by atoms with Crippen molar-refractivity contribution in [3.05, 3.63) is 106 Å². The number of rotatable bonds is 5. The van der Waals surface area contributed by atoms with Crippen LogP contribution in [0.3, 0.4) is 0 Å². The number of hydrogen-bond donors (Lipinski definition) is 0. The molecule has 0 atom stereocenters. The molecule has 3 rings (SSSR count). The monoisotopic (exact) mass is 407 g/mol. The number of halogens is 2. The smallest absolute Gasteiger partial charge is 0.185 e. The first kappa shape index (κ1) is 18.0. The highest BCUT2D eigenvalue weighted by Gasteiger charge is 2.01. The number of allylic oxidation sites excluding steroid dienone is 1. The van der Waals surface area contributed by atoms with Gasteiger partial charge in [0, 0.05) is 16.3 Å². The highest BCUT2D eigenvalue weighted by molar-refractivity contribution is 9.10. The van der Waals surface area contributed by atoms with Crippen molar-refractivity contribution in [3.8, 4) is 0 Å². The zero-order chi connectivity index (χ0) is 18.4. The van der Waals surface area contributed by atoms with Crippen molar-refractivity contribution < 1.29 is 9.18 Å². The Morgan fingerprint density at radius 1 is 0.846 bits per heavy atom. The maximum absolute atomic E-state index is 12.9. The molecule has 0 saturated carbocycles. The molecule has 0 saturated heterocycles. The summed E-state index contributed by atoms with van der Waals surface area (Å²) in [4.78, 5) is 16.6. The molecule has 0 aliphatic rings. The Balaban J connectivity index is 1.65. The molecule has 0 aliphatic heterocycles. The van der Waals surface area contributed by atoms with Gasteiger partial charge in [-0.1, -0.05) is 46.3 Å². The van der Waals surface area contributed by atoms with Gasteiger partial charge in [0.2, 0.25) is 0 Å². The van der Waals surface area contributed by atoms with Crippen molar-refractivity contribution in [1.29, 1.82) is 0 Å². The molecule has 4 heteroatoms. The van der Waals surface area contributed by atoms with Gasteiger partial charge in [-0.3, -0.25) is 9.79 Å². The van der Waals surface area contributed by atoms with Crippen LogP contribution in [-0.4, -0.2) is 12.0 Å². The van der Waals surface area contributed by atoms with E-state index in [4.69, 9.17) is 0 Å². The summed E-state index contributed by atoms with van der Waals surface area (Å²) >= 11 is 3.40. The second kappa shape index (κ2) is 8.50. The summed E-state index contributed by atoms with van der Waals surface area (Å²) in [5.74, 6) is -0.412. The lowest BCUT2D eigenvalue weighted by molar-refractivity contribution is 0.104. The summed E-state index contributed by atoms with van der Waals surface area (Å²) in [6.45, 7) is 0. The molecule has 0 radical (unpaired) electrons. The maximum atomic E-state index is 12.9. The first-order valence-electron chi connectivity index (χ1n) is 7.98. The lowest BCUT2D eigenvalue weighted by atomic mass is 10.1. The highest BCUT2D eigenvalue weighted by Crippen LogP contribution is 2.15. The molecule has 3 aromatic carbocycles. The van der Waals surface area contributed by atoms with E-state index in [1.807, 2.05) is 24.3 Å². The number of aliphatic imine (C=N–C) groups is 1. The standard InChI is InChI=1S/C22H15BrFNO/c23-19-8-1-17(2-9-19)15-25-21-12-6-18(7-13-21)22(26)14-5-16-3-10-20(24)11-4-16/h1-15H/b14-5+,25-15?. The van der Waals surface area contributed by atoms with Gasteiger partial charge >= 0.3 is 0 Å². The number of benzene rings is 3. The summed E-state index contributed by atoms with van der Waals surface area (Å²) in [6, 6.07) is 20.9. The molecule has 26 heavy (non-hydrogen) atoms. The van der Waals surface area contributed by atoms with Crippen LogP contribution in [-0.2, 0) is 0 Å². The number of carbonyl (C=O) groups is 1. The largest absolute Gasteiger partial charge is 0.289 e. The van der Waals surface area contributed by atoms with Crippen LogP contribution < -0.4 is 0 Å². The maximum Gasteiger partial charge on any atom is 0.185 e. The molecule has 0 N–H and O–H groups in total. The van der Waals surface area contributed by atoms with Crippen LogP contribution in [0.2, 0.25) is 0 Å². The van der Waals surface area contributed by atoms with E-state index in [1.54, 1.807) is 48.7 Å². The lowest BCUT2D eigenvalue weighted by Crippen LogP contribution is -1.93. The Kier molecular flexibility index (Phi) is 5.87. The van der Waals surface area contributed by atoms with Crippen molar-refractivity contribution in [2.45, 2.75) is 0 Å². The molecule has 0 fully saturated rings. The zero-order valence-corrected chi connectivity index (χ0v) is 15.4. The fourth-order valence-electron chi connectivity index (χ4n) is 2.25. The SMILES string of the molecule is O=C(/C=C/c1ccc(F)cc1)c1ccc(N=Cc2ccc(Br)cc2)cc1. The summed E-state index contributed by atoms with van der Waals surface area (Å²) in [5, 5.41) is 0. The normalized spacial score (nSPS) is 11.3. The fraction of sp³-hybridized carbons (Fsp3) is 0. The Morgan fingerprint density at radius 3 is 2.12 bits per heavy atom. The van der Waals surface area contributed by atoms with Crippen molar-refractivity contribution in [1.82, 2.24) is 0 Å². The van der Waals surface area contributed by atoms with Gasteiger partial charge in [-0.25, -0.2) is 4.39 Å². The van der Waals surface area contributed by atoms with Gasteiger partial charge in [-0.2, -0.15) is 0 Å². The zero-order valence-electron chi connectivity index (χ0n) is 13.8. The molecule has 128 valence electrons. The summed E-state index contributed by atoms with van der Waals surface area (Å²) in [5.41, 5.74) is 3.11. The van der Waals surface area contributed by atoms with Crippen LogP contribution in [0.4, 0.5) is 10.1 Å². The van der Waals surface area contributed by atoms with E-state index in [0.29, 0.717) is 5.56 Å². The van der Waals surface area contributed by atoms with Crippen molar-refractivity contribution >= 4 is 39.7 Å². The number of ketones is 1. The number of carbonyl (C=O) groups excluding carboxylic acids is 1. The third-order valence-corrected chi connectivity index (χ3v) is 4.21. The van der Waals surface area contributed by atoms with Crippen molar-refractivity contribution in [3.63, 3.8) is 0 Å². The van der Waals surface area contributed by atoms with E-state index in [1.165, 1.54) is 18.2 Å². The van der Waals surface area contributed by atoms with Crippen LogP contribution in [0.5, 0.6) is 0 Å². The molecule has 3 aromatic rings. The number of hydrogen-bond acceptors (Lipinski definition) is 2. The number of nitrogens with zero attached hydrogens (tertiary/aromatic N) is 1. The average Bonchev–Trinajstić information content (AvgIpc) is 2.67. The topological polar surface area (TPSA) is 29.4 Å². The molecule has 0 heterocycles. The second-order valence-electron chi connectivity index (χ2n) is 5.61. The van der Waals surface area contributed by atoms with E-state index >= 15 is 0 Å². The molecule has 0 bridgehead atoms. The van der Waals surface area contributed by atoms with Crippen LogP contribution in [0, 0.1) is 5.82 Å². The van der Waals surface area contributed by atoms with E-state index in [2.05, 4.69) is 20.9 Å². The molecule has 0 unspecified atom stereocenters. The predicted molar refractivity (Wildman–Crippen MR) is 108 cm³/mol. The lowest BCUT2D eigenvalue weighted by Gasteiger charge is -1.98. The first-order valence-corrected chi connectivity index (χ1v) is 8.77. The average molecular weight is 408 g/mol. The van der Waals surface area contributed by atoms with E-state index in [9.17, 15) is 9.18 Å². The van der Waals surface area contributed by atoms with Gasteiger partial charge in [0.25, 0.3) is 0 Å². The Hall–Kier alpha value is -2.85. The molecule has 0 amide bonds. The molecule has 0 aromatic heterocycles. The van der Waals surface area contributed by atoms with Gasteiger partial charge in [0.15, 0.2) is 5.78 Å². The van der Waals surface area contributed by atoms with E-state index in [-0.39, 0.29) is 11.6 Å². The minimum Gasteiger partial charge on any atom is -0.289 e. The fourth-order valence-corrected chi connectivity index (χ4v) is 2.52. The third-order valence-electron chi connectivity index (χ3n) is 3.68. The van der Waals surface area contributed by atoms with E-state index in [0.717, 1.165) is 21.3 Å². The van der Waals surface area contributed by atoms with Crippen LogP contribution in [0.25, 0.3) is 6.08 Å². The first-order chi connectivity index (χ1) is 12.6. The van der Waals surface area contributed by atoms with Gasteiger partial charge in [0.1, 0.15) is 5.82 Å². The summed E-state index contributed by atoms with van der Waals surface area (Å²) < 4.78 is 13.9. The molecule has 0 spiro atoms. The van der Waals surface area contributed by atoms with Crippen LogP contribution >= 0.6 is 15.9 Å². The van der Waals surface area contributed by atoms with Crippen molar-refractivity contribution in [2.75, 3.05) is 0 Å². The Labute approximate surface area is 159 Å². The minimum absolute atomic E-state index is 0.113. The van der Waals surface area contributed by atoms with Gasteiger partial charge in [0.05, 0.1) is 5.69 Å². The van der Waals surface area contributed by atoms with Gasteiger partial charge < -0.3 is 0 Å². The molecular formula is C22H15BrFNO. The molecule has 2 nitrogen and oxygen atoms in total. The van der Waals surface area contributed by atoms with E-state index < -0.39 is 0 Å². The summed E-state index contributed by atoms with van der Waals surface area (Å²) in [7, 11) is 0. The summed E-state index contributed by atoms with van der Waals surface area (Å²) in [6.07, 6.45) is 4.92. The van der Waals surface area contributed by atoms with Crippen LogP contribution in [0.15, 0.2) is 88.3 Å². The minimum atomic E-state index is -0.298. The van der Waals surface area contributed by atoms with Gasteiger partial charge in [-0.05, 0) is 65.7 Å². The van der Waals surface area contributed by atoms with Crippen LogP contribution in [0.1, 0.15) is 21.5 Å².